The van der Waals surface area contributed by atoms with E-state index in [9.17, 15) is 8.78 Å². The fourth-order valence-corrected chi connectivity index (χ4v) is 3.76. The minimum absolute atomic E-state index is 0.224. The molecule has 1 aromatic carbocycles. The zero-order valence-corrected chi connectivity index (χ0v) is 14.6. The van der Waals surface area contributed by atoms with Gasteiger partial charge in [-0.3, -0.25) is 10.00 Å². The summed E-state index contributed by atoms with van der Waals surface area (Å²) in [6, 6.07) is 7.65. The van der Waals surface area contributed by atoms with Gasteiger partial charge in [-0.1, -0.05) is 0 Å². The van der Waals surface area contributed by atoms with Crippen molar-refractivity contribution in [3.05, 3.63) is 65.4 Å². The molecule has 2 aromatic heterocycles. The highest BCUT2D eigenvalue weighted by Gasteiger charge is 2.26. The molecule has 1 unspecified atom stereocenters. The van der Waals surface area contributed by atoms with Crippen LogP contribution >= 0.6 is 0 Å². The number of nitrogens with one attached hydrogen (secondary N) is 1. The zero-order chi connectivity index (χ0) is 18.1. The van der Waals surface area contributed by atoms with Gasteiger partial charge in [-0.2, -0.15) is 5.10 Å². The van der Waals surface area contributed by atoms with Gasteiger partial charge in [-0.15, -0.1) is 0 Å². The van der Waals surface area contributed by atoms with Gasteiger partial charge in [0.2, 0.25) is 0 Å². The van der Waals surface area contributed by atoms with E-state index in [-0.39, 0.29) is 5.92 Å². The van der Waals surface area contributed by atoms with Crippen LogP contribution in [0.2, 0.25) is 0 Å². The van der Waals surface area contributed by atoms with Crippen molar-refractivity contribution in [3.63, 3.8) is 0 Å². The van der Waals surface area contributed by atoms with E-state index in [2.05, 4.69) is 15.1 Å². The van der Waals surface area contributed by atoms with Crippen LogP contribution in [0.4, 0.5) is 8.78 Å². The molecule has 4 nitrogen and oxygen atoms in total. The number of furan rings is 1. The fraction of sp³-hybridized carbons (Fsp3) is 0.350. The molecule has 1 atom stereocenters. The quantitative estimate of drug-likeness (QED) is 0.740. The lowest BCUT2D eigenvalue weighted by molar-refractivity contribution is 0.184. The molecule has 1 aliphatic rings. The third kappa shape index (κ3) is 3.42. The second-order valence-corrected chi connectivity index (χ2v) is 6.91. The first kappa shape index (κ1) is 17.0. The molecule has 1 aliphatic heterocycles. The lowest BCUT2D eigenvalue weighted by Gasteiger charge is -2.32. The first-order valence-corrected chi connectivity index (χ1v) is 8.86. The highest BCUT2D eigenvalue weighted by molar-refractivity contribution is 5.66. The summed E-state index contributed by atoms with van der Waals surface area (Å²) < 4.78 is 33.1. The summed E-state index contributed by atoms with van der Waals surface area (Å²) in [5.41, 5.74) is 2.01. The fourth-order valence-electron chi connectivity index (χ4n) is 3.76. The van der Waals surface area contributed by atoms with E-state index in [4.69, 9.17) is 4.42 Å². The first-order chi connectivity index (χ1) is 12.6. The number of aryl methyl sites for hydroxylation is 1. The van der Waals surface area contributed by atoms with Gasteiger partial charge >= 0.3 is 0 Å². The third-order valence-electron chi connectivity index (χ3n) is 4.98. The normalized spacial score (nSPS) is 18.3. The van der Waals surface area contributed by atoms with Crippen LogP contribution < -0.4 is 0 Å². The van der Waals surface area contributed by atoms with Gasteiger partial charge in [0.05, 0.1) is 12.7 Å². The number of H-pyrrole nitrogens is 1. The molecular weight excluding hydrogens is 336 g/mol. The Hall–Kier alpha value is -2.47. The molecule has 1 saturated heterocycles. The molecule has 0 radical (unpaired) electrons. The highest BCUT2D eigenvalue weighted by Crippen LogP contribution is 2.34. The number of hydrogen-bond donors (Lipinski definition) is 1. The molecule has 0 saturated carbocycles. The van der Waals surface area contributed by atoms with Crippen LogP contribution in [0.15, 0.2) is 40.9 Å². The van der Waals surface area contributed by atoms with E-state index in [1.807, 2.05) is 19.1 Å². The van der Waals surface area contributed by atoms with Crippen molar-refractivity contribution in [2.45, 2.75) is 32.2 Å². The number of benzene rings is 1. The Balaban J connectivity index is 1.55. The number of rotatable bonds is 4. The van der Waals surface area contributed by atoms with E-state index >= 15 is 0 Å². The van der Waals surface area contributed by atoms with Gasteiger partial charge in [0.1, 0.15) is 23.2 Å². The van der Waals surface area contributed by atoms with Crippen LogP contribution in [0.5, 0.6) is 0 Å². The molecule has 6 heteroatoms. The molecule has 1 N–H and O–H groups in total. The Kier molecular flexibility index (Phi) is 4.59. The van der Waals surface area contributed by atoms with Crippen molar-refractivity contribution < 1.29 is 13.2 Å². The molecule has 0 bridgehead atoms. The van der Waals surface area contributed by atoms with E-state index in [0.29, 0.717) is 11.1 Å². The van der Waals surface area contributed by atoms with Crippen molar-refractivity contribution in [2.24, 2.45) is 0 Å². The predicted octanol–water partition coefficient (Wildman–Crippen LogP) is 4.64. The molecule has 0 amide bonds. The molecular formula is C20H21F2N3O. The first-order valence-electron chi connectivity index (χ1n) is 8.86. The highest BCUT2D eigenvalue weighted by atomic mass is 19.1. The third-order valence-corrected chi connectivity index (χ3v) is 4.98. The van der Waals surface area contributed by atoms with Crippen molar-refractivity contribution in [1.82, 2.24) is 15.1 Å². The Morgan fingerprint density at radius 3 is 2.88 bits per heavy atom. The average Bonchev–Trinajstić information content (AvgIpc) is 3.24. The number of aromatic nitrogens is 2. The van der Waals surface area contributed by atoms with Crippen molar-refractivity contribution in [1.29, 1.82) is 0 Å². The van der Waals surface area contributed by atoms with Crippen molar-refractivity contribution in [3.8, 4) is 11.1 Å². The van der Waals surface area contributed by atoms with Crippen LogP contribution in [0, 0.1) is 18.6 Å². The summed E-state index contributed by atoms with van der Waals surface area (Å²) in [5.74, 6) is 0.954. The smallest absolute Gasteiger partial charge is 0.134 e. The molecule has 4 rings (SSSR count). The minimum atomic E-state index is -0.575. The topological polar surface area (TPSA) is 45.1 Å². The molecule has 26 heavy (non-hydrogen) atoms. The molecule has 0 spiro atoms. The number of aromatic amines is 1. The van der Waals surface area contributed by atoms with Gasteiger partial charge in [-0.25, -0.2) is 8.78 Å². The van der Waals surface area contributed by atoms with Crippen LogP contribution in [0.3, 0.4) is 0 Å². The largest absolute Gasteiger partial charge is 0.465 e. The lowest BCUT2D eigenvalue weighted by Crippen LogP contribution is -2.34. The van der Waals surface area contributed by atoms with Crippen LogP contribution in [-0.2, 0) is 6.54 Å². The van der Waals surface area contributed by atoms with Gasteiger partial charge in [0.25, 0.3) is 0 Å². The summed E-state index contributed by atoms with van der Waals surface area (Å²) in [4.78, 5) is 2.35. The van der Waals surface area contributed by atoms with E-state index in [0.717, 1.165) is 55.8 Å². The Morgan fingerprint density at radius 2 is 2.12 bits per heavy atom. The number of likely N-dealkylation sites (tertiary alicyclic amines) is 1. The second kappa shape index (κ2) is 7.03. The van der Waals surface area contributed by atoms with Crippen LogP contribution in [-0.4, -0.2) is 28.2 Å². The zero-order valence-electron chi connectivity index (χ0n) is 14.6. The SMILES string of the molecule is Cc1ccc(CN2CCCC(c3[nH]ncc3-c3ccc(F)cc3F)C2)o1. The monoisotopic (exact) mass is 357 g/mol. The Morgan fingerprint density at radius 1 is 1.23 bits per heavy atom. The summed E-state index contributed by atoms with van der Waals surface area (Å²) in [6.07, 6.45) is 3.68. The second-order valence-electron chi connectivity index (χ2n) is 6.91. The van der Waals surface area contributed by atoms with Gasteiger partial charge in [0, 0.05) is 35.3 Å². The lowest BCUT2D eigenvalue weighted by atomic mass is 9.90. The minimum Gasteiger partial charge on any atom is -0.465 e. The average molecular weight is 357 g/mol. The van der Waals surface area contributed by atoms with E-state index < -0.39 is 11.6 Å². The molecule has 3 heterocycles. The predicted molar refractivity (Wildman–Crippen MR) is 94.6 cm³/mol. The summed E-state index contributed by atoms with van der Waals surface area (Å²) >= 11 is 0. The van der Waals surface area contributed by atoms with Gasteiger partial charge in [0.15, 0.2) is 0 Å². The summed E-state index contributed by atoms with van der Waals surface area (Å²) in [5, 5.41) is 7.17. The maximum Gasteiger partial charge on any atom is 0.134 e. The van der Waals surface area contributed by atoms with Gasteiger partial charge in [-0.05, 0) is 50.6 Å². The molecule has 1 fully saturated rings. The van der Waals surface area contributed by atoms with Crippen LogP contribution in [0.1, 0.15) is 36.0 Å². The van der Waals surface area contributed by atoms with Crippen molar-refractivity contribution in [2.75, 3.05) is 13.1 Å². The van der Waals surface area contributed by atoms with Crippen LogP contribution in [0.25, 0.3) is 11.1 Å². The van der Waals surface area contributed by atoms with Crippen molar-refractivity contribution >= 4 is 0 Å². The maximum absolute atomic E-state index is 14.2. The Labute approximate surface area is 150 Å². The maximum atomic E-state index is 14.2. The number of halogens is 2. The molecule has 136 valence electrons. The number of piperidine rings is 1. The van der Waals surface area contributed by atoms with Gasteiger partial charge < -0.3 is 4.42 Å². The summed E-state index contributed by atoms with van der Waals surface area (Å²) in [6.45, 7) is 4.55. The Bertz CT molecular complexity index is 902. The van der Waals surface area contributed by atoms with E-state index in [1.54, 1.807) is 6.20 Å². The molecule has 0 aliphatic carbocycles. The number of hydrogen-bond acceptors (Lipinski definition) is 3. The summed E-state index contributed by atoms with van der Waals surface area (Å²) in [7, 11) is 0. The van der Waals surface area contributed by atoms with E-state index in [1.165, 1.54) is 12.1 Å². The number of nitrogens with zero attached hydrogens (tertiary/aromatic N) is 2. The molecule has 3 aromatic rings. The standard InChI is InChI=1S/C20H21F2N3O/c1-13-4-6-16(26-13)12-25-8-2-3-14(11-25)20-18(10-23-24-20)17-7-5-15(21)9-19(17)22/h4-7,9-10,14H,2-3,8,11-12H2,1H3,(H,23,24).